The minimum atomic E-state index is 0.459. The van der Waals surface area contributed by atoms with Gasteiger partial charge in [0.1, 0.15) is 5.78 Å². The Morgan fingerprint density at radius 1 is 1.27 bits per heavy atom. The topological polar surface area (TPSA) is 17.1 Å². The summed E-state index contributed by atoms with van der Waals surface area (Å²) >= 11 is 2.54. The first-order chi connectivity index (χ1) is 7.29. The zero-order valence-corrected chi connectivity index (χ0v) is 11.3. The SMILES string of the molecule is O=C1CCCC2(CI)C3CCCCC3C12. The number of alkyl halides is 1. The van der Waals surface area contributed by atoms with Gasteiger partial charge in [0, 0.05) is 16.8 Å². The van der Waals surface area contributed by atoms with Crippen molar-refractivity contribution in [2.45, 2.75) is 44.9 Å². The van der Waals surface area contributed by atoms with Gasteiger partial charge in [-0.15, -0.1) is 0 Å². The number of halogens is 1. The van der Waals surface area contributed by atoms with Gasteiger partial charge in [0.05, 0.1) is 0 Å². The Bertz CT molecular complexity index is 288. The quantitative estimate of drug-likeness (QED) is 0.533. The predicted octanol–water partition coefficient (Wildman–Crippen LogP) is 3.60. The van der Waals surface area contributed by atoms with Gasteiger partial charge >= 0.3 is 0 Å². The van der Waals surface area contributed by atoms with Crippen LogP contribution in [0.5, 0.6) is 0 Å². The molecule has 3 aliphatic rings. The van der Waals surface area contributed by atoms with Crippen molar-refractivity contribution in [1.82, 2.24) is 0 Å². The lowest BCUT2D eigenvalue weighted by Crippen LogP contribution is -2.63. The minimum absolute atomic E-state index is 0.459. The second-order valence-corrected chi connectivity index (χ2v) is 6.48. The fourth-order valence-corrected chi connectivity index (χ4v) is 6.13. The lowest BCUT2D eigenvalue weighted by molar-refractivity contribution is -0.172. The van der Waals surface area contributed by atoms with Crippen molar-refractivity contribution in [2.75, 3.05) is 4.43 Å². The molecule has 0 spiro atoms. The van der Waals surface area contributed by atoms with Crippen LogP contribution in [0.3, 0.4) is 0 Å². The van der Waals surface area contributed by atoms with Crippen LogP contribution in [0, 0.1) is 23.2 Å². The van der Waals surface area contributed by atoms with Gasteiger partial charge in [-0.3, -0.25) is 4.79 Å². The van der Waals surface area contributed by atoms with Crippen LogP contribution in [-0.4, -0.2) is 10.2 Å². The zero-order valence-electron chi connectivity index (χ0n) is 9.18. The molecule has 3 rings (SSSR count). The van der Waals surface area contributed by atoms with E-state index in [-0.39, 0.29) is 0 Å². The number of Topliss-reactive ketones (excluding diaryl/α,β-unsaturated/α-hetero) is 1. The van der Waals surface area contributed by atoms with Crippen molar-refractivity contribution in [3.63, 3.8) is 0 Å². The summed E-state index contributed by atoms with van der Waals surface area (Å²) in [7, 11) is 0. The first kappa shape index (κ1) is 10.5. The molecule has 4 atom stereocenters. The van der Waals surface area contributed by atoms with Crippen LogP contribution in [-0.2, 0) is 4.79 Å². The van der Waals surface area contributed by atoms with Crippen LogP contribution < -0.4 is 0 Å². The molecule has 15 heavy (non-hydrogen) atoms. The standard InChI is InChI=1S/C13H19IO/c14-8-13-7-3-6-11(15)12(13)9-4-1-2-5-10(9)13/h9-10,12H,1-8H2. The Morgan fingerprint density at radius 3 is 2.87 bits per heavy atom. The summed E-state index contributed by atoms with van der Waals surface area (Å²) in [6.07, 6.45) is 8.95. The summed E-state index contributed by atoms with van der Waals surface area (Å²) in [5.74, 6) is 2.80. The lowest BCUT2D eigenvalue weighted by Gasteiger charge is -2.64. The third kappa shape index (κ3) is 1.29. The number of carbonyl (C=O) groups is 1. The highest BCUT2D eigenvalue weighted by atomic mass is 127. The Kier molecular flexibility index (Phi) is 2.61. The van der Waals surface area contributed by atoms with Crippen molar-refractivity contribution in [3.8, 4) is 0 Å². The highest BCUT2D eigenvalue weighted by Crippen LogP contribution is 2.66. The average Bonchev–Trinajstić information content (AvgIpc) is 2.25. The summed E-state index contributed by atoms with van der Waals surface area (Å²) in [5, 5.41) is 0. The Hall–Kier alpha value is 0.400. The van der Waals surface area contributed by atoms with Crippen molar-refractivity contribution >= 4 is 28.4 Å². The summed E-state index contributed by atoms with van der Waals surface area (Å²) in [4.78, 5) is 12.1. The van der Waals surface area contributed by atoms with Gasteiger partial charge in [0.25, 0.3) is 0 Å². The van der Waals surface area contributed by atoms with Crippen LogP contribution in [0.25, 0.3) is 0 Å². The largest absolute Gasteiger partial charge is 0.299 e. The number of rotatable bonds is 1. The van der Waals surface area contributed by atoms with E-state index >= 15 is 0 Å². The molecule has 3 fully saturated rings. The van der Waals surface area contributed by atoms with E-state index in [9.17, 15) is 4.79 Å². The van der Waals surface area contributed by atoms with Crippen LogP contribution in [0.4, 0.5) is 0 Å². The highest BCUT2D eigenvalue weighted by Gasteiger charge is 2.63. The van der Waals surface area contributed by atoms with E-state index in [1.807, 2.05) is 0 Å². The molecule has 0 N–H and O–H groups in total. The fourth-order valence-electron chi connectivity index (χ4n) is 4.71. The zero-order chi connectivity index (χ0) is 10.5. The van der Waals surface area contributed by atoms with E-state index in [1.165, 1.54) is 43.0 Å². The van der Waals surface area contributed by atoms with Gasteiger partial charge in [0.2, 0.25) is 0 Å². The molecule has 4 unspecified atom stereocenters. The second kappa shape index (κ2) is 3.71. The number of carbonyl (C=O) groups excluding carboxylic acids is 1. The number of fused-ring (bicyclic) bond motifs is 4. The first-order valence-corrected chi connectivity index (χ1v) is 7.91. The van der Waals surface area contributed by atoms with Gasteiger partial charge in [0.15, 0.2) is 0 Å². The molecule has 3 aliphatic carbocycles. The van der Waals surface area contributed by atoms with Crippen LogP contribution in [0.15, 0.2) is 0 Å². The van der Waals surface area contributed by atoms with E-state index in [2.05, 4.69) is 22.6 Å². The third-order valence-corrected chi connectivity index (χ3v) is 6.69. The van der Waals surface area contributed by atoms with Crippen molar-refractivity contribution in [2.24, 2.45) is 23.2 Å². The maximum absolute atomic E-state index is 12.1. The molecule has 2 heteroatoms. The molecular formula is C13H19IO. The molecule has 3 saturated carbocycles. The molecule has 0 aliphatic heterocycles. The number of hydrogen-bond acceptors (Lipinski definition) is 1. The normalized spacial score (nSPS) is 49.1. The summed E-state index contributed by atoms with van der Waals surface area (Å²) in [5.41, 5.74) is 0.459. The Morgan fingerprint density at radius 2 is 2.07 bits per heavy atom. The van der Waals surface area contributed by atoms with Gasteiger partial charge in [-0.2, -0.15) is 0 Å². The Balaban J connectivity index is 1.90. The molecule has 0 amide bonds. The summed E-state index contributed by atoms with van der Waals surface area (Å²) in [6, 6.07) is 0. The molecule has 0 bridgehead atoms. The highest BCUT2D eigenvalue weighted by molar-refractivity contribution is 14.1. The van der Waals surface area contributed by atoms with E-state index in [0.717, 1.165) is 18.3 Å². The molecular weight excluding hydrogens is 299 g/mol. The molecule has 1 nitrogen and oxygen atoms in total. The van der Waals surface area contributed by atoms with E-state index in [4.69, 9.17) is 0 Å². The van der Waals surface area contributed by atoms with Gasteiger partial charge < -0.3 is 0 Å². The molecule has 0 aromatic rings. The average molecular weight is 318 g/mol. The smallest absolute Gasteiger partial charge is 0.136 e. The molecule has 84 valence electrons. The van der Waals surface area contributed by atoms with Gasteiger partial charge in [-0.25, -0.2) is 0 Å². The van der Waals surface area contributed by atoms with Gasteiger partial charge in [-0.05, 0) is 42.9 Å². The van der Waals surface area contributed by atoms with Gasteiger partial charge in [-0.1, -0.05) is 35.4 Å². The molecule has 0 radical (unpaired) electrons. The van der Waals surface area contributed by atoms with Crippen molar-refractivity contribution in [3.05, 3.63) is 0 Å². The van der Waals surface area contributed by atoms with Crippen LogP contribution >= 0.6 is 22.6 Å². The maximum atomic E-state index is 12.1. The van der Waals surface area contributed by atoms with E-state index in [1.54, 1.807) is 0 Å². The molecule has 0 aromatic carbocycles. The van der Waals surface area contributed by atoms with Crippen molar-refractivity contribution in [1.29, 1.82) is 0 Å². The third-order valence-electron chi connectivity index (χ3n) is 5.27. The second-order valence-electron chi connectivity index (χ2n) is 5.72. The van der Waals surface area contributed by atoms with Crippen LogP contribution in [0.2, 0.25) is 0 Å². The molecule has 0 saturated heterocycles. The Labute approximate surface area is 106 Å². The van der Waals surface area contributed by atoms with E-state index in [0.29, 0.717) is 17.1 Å². The van der Waals surface area contributed by atoms with Crippen LogP contribution in [0.1, 0.15) is 44.9 Å². The fraction of sp³-hybridized carbons (Fsp3) is 0.923. The number of hydrogen-bond donors (Lipinski definition) is 0. The van der Waals surface area contributed by atoms with Crippen molar-refractivity contribution < 1.29 is 4.79 Å². The molecule has 0 heterocycles. The predicted molar refractivity (Wildman–Crippen MR) is 69.1 cm³/mol. The minimum Gasteiger partial charge on any atom is -0.299 e. The maximum Gasteiger partial charge on any atom is 0.136 e. The monoisotopic (exact) mass is 318 g/mol. The summed E-state index contributed by atoms with van der Waals surface area (Å²) in [6.45, 7) is 0. The summed E-state index contributed by atoms with van der Waals surface area (Å²) < 4.78 is 1.22. The first-order valence-electron chi connectivity index (χ1n) is 6.38. The lowest BCUT2D eigenvalue weighted by atomic mass is 9.40. The molecule has 0 aromatic heterocycles. The number of ketones is 1. The van der Waals surface area contributed by atoms with E-state index < -0.39 is 0 Å².